The summed E-state index contributed by atoms with van der Waals surface area (Å²) >= 11 is 0. The molecule has 0 atom stereocenters. The molecule has 0 aromatic heterocycles. The minimum atomic E-state index is -0.729. The molecule has 0 saturated heterocycles. The molecule has 0 unspecified atom stereocenters. The van der Waals surface area contributed by atoms with E-state index in [1.165, 1.54) is 19.1 Å². The first-order valence-electron chi connectivity index (χ1n) is 6.75. The van der Waals surface area contributed by atoms with E-state index in [2.05, 4.69) is 20.1 Å². The number of carbonyl (C=O) groups is 3. The number of esters is 2. The lowest BCUT2D eigenvalue weighted by molar-refractivity contribution is -0.138. The lowest BCUT2D eigenvalue weighted by atomic mass is 10.1. The van der Waals surface area contributed by atoms with Crippen LogP contribution in [0.2, 0.25) is 0 Å². The van der Waals surface area contributed by atoms with Crippen LogP contribution in [0.4, 0.5) is 16.2 Å². The van der Waals surface area contributed by atoms with Crippen molar-refractivity contribution >= 4 is 29.3 Å². The molecule has 0 saturated carbocycles. The van der Waals surface area contributed by atoms with Crippen LogP contribution in [0.3, 0.4) is 0 Å². The van der Waals surface area contributed by atoms with Crippen LogP contribution in [0.5, 0.6) is 0 Å². The molecule has 0 bridgehead atoms. The van der Waals surface area contributed by atoms with Crippen molar-refractivity contribution in [2.45, 2.75) is 6.54 Å². The van der Waals surface area contributed by atoms with Crippen molar-refractivity contribution in [2.75, 3.05) is 31.9 Å². The molecule has 122 valence electrons. The van der Waals surface area contributed by atoms with Crippen molar-refractivity contribution in [3.63, 3.8) is 0 Å². The highest BCUT2D eigenvalue weighted by Gasteiger charge is 2.23. The standard InChI is InChI=1S/C15H17N3O5/c1-18-8-9-5-4-6-10(13(9)17-15(18)21)16-11(14(20)23-3)7-12(19)22-2/h4-7,16H,8H2,1-3H3,(H,17,21)/b11-7+. The van der Waals surface area contributed by atoms with E-state index in [9.17, 15) is 14.4 Å². The quantitative estimate of drug-likeness (QED) is 0.641. The molecule has 0 aliphatic carbocycles. The van der Waals surface area contributed by atoms with Crippen molar-refractivity contribution in [3.8, 4) is 0 Å². The van der Waals surface area contributed by atoms with Gasteiger partial charge in [-0.25, -0.2) is 14.4 Å². The molecule has 0 fully saturated rings. The number of nitrogens with one attached hydrogen (secondary N) is 2. The van der Waals surface area contributed by atoms with Crippen LogP contribution in [-0.4, -0.2) is 44.1 Å². The number of hydrogen-bond acceptors (Lipinski definition) is 6. The lowest BCUT2D eigenvalue weighted by Gasteiger charge is -2.27. The van der Waals surface area contributed by atoms with Gasteiger partial charge in [0, 0.05) is 13.6 Å². The van der Waals surface area contributed by atoms with Gasteiger partial charge in [-0.05, 0) is 11.6 Å². The Morgan fingerprint density at radius 1 is 1.30 bits per heavy atom. The van der Waals surface area contributed by atoms with E-state index in [1.54, 1.807) is 19.2 Å². The smallest absolute Gasteiger partial charge is 0.354 e. The van der Waals surface area contributed by atoms with Crippen LogP contribution in [-0.2, 0) is 25.6 Å². The number of hydrogen-bond donors (Lipinski definition) is 2. The number of para-hydroxylation sites is 1. The molecule has 1 aromatic carbocycles. The second kappa shape index (κ2) is 6.82. The molecule has 1 heterocycles. The summed E-state index contributed by atoms with van der Waals surface area (Å²) in [6, 6.07) is 5.05. The van der Waals surface area contributed by atoms with Gasteiger partial charge < -0.3 is 25.0 Å². The summed E-state index contributed by atoms with van der Waals surface area (Å²) in [5, 5.41) is 5.55. The van der Waals surface area contributed by atoms with E-state index in [-0.39, 0.29) is 11.7 Å². The highest BCUT2D eigenvalue weighted by molar-refractivity contribution is 6.01. The zero-order valence-corrected chi connectivity index (χ0v) is 13.0. The number of fused-ring (bicyclic) bond motifs is 1. The van der Waals surface area contributed by atoms with Crippen LogP contribution < -0.4 is 10.6 Å². The molecule has 2 N–H and O–H groups in total. The van der Waals surface area contributed by atoms with Crippen LogP contribution in [0.1, 0.15) is 5.56 Å². The number of methoxy groups -OCH3 is 2. The molecule has 1 aliphatic rings. The fraction of sp³-hybridized carbons (Fsp3) is 0.267. The highest BCUT2D eigenvalue weighted by atomic mass is 16.5. The molecular weight excluding hydrogens is 302 g/mol. The highest BCUT2D eigenvalue weighted by Crippen LogP contribution is 2.31. The Morgan fingerprint density at radius 3 is 2.70 bits per heavy atom. The van der Waals surface area contributed by atoms with Crippen molar-refractivity contribution in [1.29, 1.82) is 0 Å². The average molecular weight is 319 g/mol. The fourth-order valence-electron chi connectivity index (χ4n) is 2.09. The molecule has 2 amide bonds. The third-order valence-electron chi connectivity index (χ3n) is 3.27. The normalized spacial score (nSPS) is 13.8. The zero-order chi connectivity index (χ0) is 17.0. The minimum Gasteiger partial charge on any atom is -0.466 e. The van der Waals surface area contributed by atoms with E-state index in [0.29, 0.717) is 17.9 Å². The topological polar surface area (TPSA) is 97.0 Å². The van der Waals surface area contributed by atoms with Crippen LogP contribution in [0.15, 0.2) is 30.0 Å². The molecule has 8 heteroatoms. The van der Waals surface area contributed by atoms with E-state index >= 15 is 0 Å². The summed E-state index contributed by atoms with van der Waals surface area (Å²) in [5.74, 6) is -1.43. The monoisotopic (exact) mass is 319 g/mol. The SMILES string of the molecule is COC(=O)/C=C(/Nc1cccc2c1NC(=O)N(C)C2)C(=O)OC. The van der Waals surface area contributed by atoms with Crippen LogP contribution in [0, 0.1) is 0 Å². The summed E-state index contributed by atoms with van der Waals surface area (Å²) < 4.78 is 9.16. The van der Waals surface area contributed by atoms with E-state index in [1.807, 2.05) is 6.07 Å². The van der Waals surface area contributed by atoms with Crippen LogP contribution in [0.25, 0.3) is 0 Å². The molecule has 8 nitrogen and oxygen atoms in total. The number of carbonyl (C=O) groups excluding carboxylic acids is 3. The number of nitrogens with zero attached hydrogens (tertiary/aromatic N) is 1. The second-order valence-electron chi connectivity index (χ2n) is 4.82. The maximum absolute atomic E-state index is 11.8. The summed E-state index contributed by atoms with van der Waals surface area (Å²) in [6.07, 6.45) is 0.988. The molecule has 1 aliphatic heterocycles. The largest absolute Gasteiger partial charge is 0.466 e. The second-order valence-corrected chi connectivity index (χ2v) is 4.82. The Kier molecular flexibility index (Phi) is 4.85. The molecule has 0 spiro atoms. The summed E-state index contributed by atoms with van der Waals surface area (Å²) in [4.78, 5) is 36.5. The molecule has 2 rings (SSSR count). The average Bonchev–Trinajstić information content (AvgIpc) is 2.55. The van der Waals surface area contributed by atoms with Gasteiger partial charge in [0.05, 0.1) is 31.7 Å². The Labute approximate surface area is 133 Å². The molecule has 1 aromatic rings. The van der Waals surface area contributed by atoms with Gasteiger partial charge in [-0.1, -0.05) is 12.1 Å². The lowest BCUT2D eigenvalue weighted by Crippen LogP contribution is -2.35. The first-order chi connectivity index (χ1) is 11.0. The van der Waals surface area contributed by atoms with Gasteiger partial charge in [-0.15, -0.1) is 0 Å². The van der Waals surface area contributed by atoms with Gasteiger partial charge in [0.25, 0.3) is 0 Å². The fourth-order valence-corrected chi connectivity index (χ4v) is 2.09. The van der Waals surface area contributed by atoms with Gasteiger partial charge in [-0.2, -0.15) is 0 Å². The zero-order valence-electron chi connectivity index (χ0n) is 13.0. The Hall–Kier alpha value is -3.03. The van der Waals surface area contributed by atoms with E-state index in [4.69, 9.17) is 0 Å². The molecular formula is C15H17N3O5. The summed E-state index contributed by atoms with van der Waals surface area (Å²) in [5.41, 5.74) is 1.81. The number of amides is 2. The third-order valence-corrected chi connectivity index (χ3v) is 3.27. The minimum absolute atomic E-state index is 0.0964. The summed E-state index contributed by atoms with van der Waals surface area (Å²) in [6.45, 7) is 0.435. The van der Waals surface area contributed by atoms with E-state index in [0.717, 1.165) is 11.6 Å². The third kappa shape index (κ3) is 3.60. The van der Waals surface area contributed by atoms with Crippen molar-refractivity contribution in [2.24, 2.45) is 0 Å². The van der Waals surface area contributed by atoms with Gasteiger partial charge in [0.1, 0.15) is 5.70 Å². The van der Waals surface area contributed by atoms with Crippen molar-refractivity contribution in [3.05, 3.63) is 35.5 Å². The van der Waals surface area contributed by atoms with Gasteiger partial charge in [0.2, 0.25) is 0 Å². The number of benzene rings is 1. The number of anilines is 2. The van der Waals surface area contributed by atoms with Crippen molar-refractivity contribution in [1.82, 2.24) is 4.90 Å². The maximum Gasteiger partial charge on any atom is 0.354 e. The predicted molar refractivity (Wildman–Crippen MR) is 82.7 cm³/mol. The van der Waals surface area contributed by atoms with Gasteiger partial charge in [-0.3, -0.25) is 0 Å². The number of rotatable bonds is 4. The maximum atomic E-state index is 11.8. The summed E-state index contributed by atoms with van der Waals surface area (Å²) in [7, 11) is 4.08. The first kappa shape index (κ1) is 16.3. The van der Waals surface area contributed by atoms with Crippen molar-refractivity contribution < 1.29 is 23.9 Å². The predicted octanol–water partition coefficient (Wildman–Crippen LogP) is 1.31. The first-order valence-corrected chi connectivity index (χ1v) is 6.75. The number of ether oxygens (including phenoxy) is 2. The molecule has 0 radical (unpaired) electrons. The van der Waals surface area contributed by atoms with Gasteiger partial charge in [0.15, 0.2) is 0 Å². The molecule has 23 heavy (non-hydrogen) atoms. The van der Waals surface area contributed by atoms with Crippen LogP contribution >= 0.6 is 0 Å². The number of urea groups is 1. The Bertz CT molecular complexity index is 684. The Balaban J connectivity index is 2.36. The van der Waals surface area contributed by atoms with E-state index < -0.39 is 11.9 Å². The Morgan fingerprint density at radius 2 is 2.04 bits per heavy atom. The van der Waals surface area contributed by atoms with Gasteiger partial charge >= 0.3 is 18.0 Å².